The van der Waals surface area contributed by atoms with E-state index in [1.165, 1.54) is 13.3 Å². The van der Waals surface area contributed by atoms with Crippen molar-refractivity contribution in [1.82, 2.24) is 19.9 Å². The van der Waals surface area contributed by atoms with Crippen LogP contribution in [0.5, 0.6) is 5.75 Å². The number of rotatable bonds is 9. The van der Waals surface area contributed by atoms with E-state index in [4.69, 9.17) is 18.9 Å². The van der Waals surface area contributed by atoms with E-state index in [0.717, 1.165) is 5.69 Å². The number of H-pyrrole nitrogens is 1. The molecule has 2 aromatic heterocycles. The highest BCUT2D eigenvalue weighted by molar-refractivity contribution is 5.94. The van der Waals surface area contributed by atoms with Crippen molar-refractivity contribution >= 4 is 22.9 Å². The molecular weight excluding hydrogens is 628 g/mol. The molecule has 4 aromatic rings. The maximum atomic E-state index is 12.9. The van der Waals surface area contributed by atoms with Crippen LogP contribution in [0.2, 0.25) is 0 Å². The third-order valence-electron chi connectivity index (χ3n) is 8.57. The van der Waals surface area contributed by atoms with Gasteiger partial charge in [-0.15, -0.1) is 0 Å². The summed E-state index contributed by atoms with van der Waals surface area (Å²) >= 11 is 0. The number of hydrogen-bond donors (Lipinski definition) is 6. The van der Waals surface area contributed by atoms with Gasteiger partial charge in [-0.3, -0.25) is 14.4 Å². The van der Waals surface area contributed by atoms with Gasteiger partial charge in [-0.2, -0.15) is 0 Å². The molecule has 2 saturated heterocycles. The lowest BCUT2D eigenvalue weighted by molar-refractivity contribution is -0.330. The highest BCUT2D eigenvalue weighted by Crippen LogP contribution is 2.35. The van der Waals surface area contributed by atoms with Crippen LogP contribution in [-0.2, 0) is 23.8 Å². The molecule has 2 aliphatic rings. The molecule has 2 fully saturated rings. The van der Waals surface area contributed by atoms with E-state index in [1.54, 1.807) is 31.2 Å². The van der Waals surface area contributed by atoms with Gasteiger partial charge in [0.15, 0.2) is 11.9 Å². The number of aromatic nitrogens is 3. The highest BCUT2D eigenvalue weighted by atomic mass is 16.7. The van der Waals surface area contributed by atoms with Crippen molar-refractivity contribution in [3.05, 3.63) is 77.5 Å². The molecule has 9 atom stereocenters. The van der Waals surface area contributed by atoms with Crippen molar-refractivity contribution in [2.75, 3.05) is 6.61 Å². The number of carbonyl (C=O) groups is 2. The summed E-state index contributed by atoms with van der Waals surface area (Å²) in [5.41, 5.74) is 2.30. The van der Waals surface area contributed by atoms with E-state index in [9.17, 15) is 34.8 Å². The Labute approximate surface area is 273 Å². The van der Waals surface area contributed by atoms with Crippen LogP contribution in [-0.4, -0.2) is 96.7 Å². The molecule has 0 spiro atoms. The number of carbonyl (C=O) groups excluding carboxylic acids is 1. The van der Waals surface area contributed by atoms with Crippen molar-refractivity contribution in [2.45, 2.75) is 63.5 Å². The van der Waals surface area contributed by atoms with Gasteiger partial charge in [0.25, 0.3) is 5.56 Å². The normalized spacial score (nSPS) is 29.0. The molecule has 0 aliphatic carbocycles. The Balaban J connectivity index is 1.19. The molecule has 2 aliphatic heterocycles. The molecule has 15 nitrogen and oxygen atoms in total. The van der Waals surface area contributed by atoms with Gasteiger partial charge >= 0.3 is 5.97 Å². The van der Waals surface area contributed by atoms with Crippen molar-refractivity contribution < 1.29 is 49.0 Å². The molecule has 48 heavy (non-hydrogen) atoms. The number of hydrogen-bond acceptors (Lipinski definition) is 11. The van der Waals surface area contributed by atoms with Crippen LogP contribution in [0.1, 0.15) is 20.3 Å². The van der Waals surface area contributed by atoms with E-state index >= 15 is 0 Å². The number of ether oxygens (including phenoxy) is 4. The zero-order chi connectivity index (χ0) is 34.1. The molecule has 1 amide bonds. The first-order chi connectivity index (χ1) is 23.0. The van der Waals surface area contributed by atoms with Gasteiger partial charge in [0.05, 0.1) is 18.3 Å². The third kappa shape index (κ3) is 6.56. The summed E-state index contributed by atoms with van der Waals surface area (Å²) in [6.45, 7) is 2.35. The molecule has 0 radical (unpaired) electrons. The number of carboxylic acids is 1. The molecule has 9 unspecified atom stereocenters. The van der Waals surface area contributed by atoms with E-state index < -0.39 is 61.7 Å². The quantitative estimate of drug-likeness (QED) is 0.149. The molecule has 2 aromatic carbocycles. The molecule has 254 valence electrons. The van der Waals surface area contributed by atoms with Crippen molar-refractivity contribution in [2.24, 2.45) is 11.8 Å². The van der Waals surface area contributed by atoms with Crippen LogP contribution >= 0.6 is 0 Å². The summed E-state index contributed by atoms with van der Waals surface area (Å²) in [6, 6.07) is 16.1. The largest absolute Gasteiger partial charge is 0.481 e. The number of aliphatic hydroxyl groups is 3. The van der Waals surface area contributed by atoms with Gasteiger partial charge in [-0.05, 0) is 36.2 Å². The summed E-state index contributed by atoms with van der Waals surface area (Å²) in [5, 5.41) is 45.0. The first kappa shape index (κ1) is 33.3. The number of aliphatic carboxylic acids is 1. The Morgan fingerprint density at radius 2 is 1.79 bits per heavy atom. The maximum absolute atomic E-state index is 12.9. The van der Waals surface area contributed by atoms with E-state index in [-0.39, 0.29) is 29.6 Å². The van der Waals surface area contributed by atoms with Crippen LogP contribution in [0.3, 0.4) is 0 Å². The molecule has 15 heteroatoms. The zero-order valence-corrected chi connectivity index (χ0v) is 26.0. The lowest BCUT2D eigenvalue weighted by atomic mass is 9.90. The maximum Gasteiger partial charge on any atom is 0.311 e. The van der Waals surface area contributed by atoms with Crippen LogP contribution in [0, 0.1) is 11.8 Å². The van der Waals surface area contributed by atoms with Crippen molar-refractivity contribution in [1.29, 1.82) is 0 Å². The first-order valence-corrected chi connectivity index (χ1v) is 15.4. The molecule has 6 N–H and O–H groups in total. The number of carboxylic acid groups (broad SMARTS) is 1. The monoisotopic (exact) mass is 664 g/mol. The Kier molecular flexibility index (Phi) is 9.59. The first-order valence-electron chi connectivity index (χ1n) is 15.4. The highest BCUT2D eigenvalue weighted by Gasteiger charge is 2.50. The third-order valence-corrected chi connectivity index (χ3v) is 8.57. The van der Waals surface area contributed by atoms with Gasteiger partial charge in [-0.1, -0.05) is 37.3 Å². The smallest absolute Gasteiger partial charge is 0.311 e. The minimum Gasteiger partial charge on any atom is -0.481 e. The van der Waals surface area contributed by atoms with E-state index in [0.29, 0.717) is 22.2 Å². The Hall–Kier alpha value is -4.64. The number of para-hydroxylation sites is 1. The van der Waals surface area contributed by atoms with Gasteiger partial charge in [0.1, 0.15) is 42.3 Å². The second-order valence-corrected chi connectivity index (χ2v) is 11.9. The minimum absolute atomic E-state index is 0.0976. The molecular formula is C33H36N4O11. The molecule has 4 heterocycles. The van der Waals surface area contributed by atoms with Gasteiger partial charge in [0, 0.05) is 30.3 Å². The fraction of sp³-hybridized carbons (Fsp3) is 0.394. The SMILES string of the molecule is CC(=O)NC1OC(OC2C(CO)OC(Oc3ccc(-c4cn(-c5ccccc5)c5nc[nH]c(=O)c45)cc3)C(O)C2O)C(C(=O)O)CC1C. The Morgan fingerprint density at radius 3 is 2.46 bits per heavy atom. The second-order valence-electron chi connectivity index (χ2n) is 11.9. The Morgan fingerprint density at radius 1 is 1.06 bits per heavy atom. The predicted octanol–water partition coefficient (Wildman–Crippen LogP) is 1.13. The summed E-state index contributed by atoms with van der Waals surface area (Å²) in [7, 11) is 0. The standard InChI is InChI=1S/C33H36N4O11/c1-16-12-21(31(43)44)32(48-30(16)36-17(2)39)47-27-23(14-38)46-33(26(41)25(27)40)45-20-10-8-18(9-11-20)22-13-37(19-6-4-3-5-7-19)28-24(22)29(42)35-15-34-28/h3-11,13,15-16,21,23,25-27,30,32-33,38,40-41H,12,14H2,1-2H3,(H,36,39)(H,43,44)(H,34,35,42). The second kappa shape index (κ2) is 13.8. The van der Waals surface area contributed by atoms with E-state index in [2.05, 4.69) is 15.3 Å². The topological polar surface area (TPSA) is 215 Å². The van der Waals surface area contributed by atoms with Crippen LogP contribution in [0.15, 0.2) is 71.9 Å². The lowest BCUT2D eigenvalue weighted by Crippen LogP contribution is -2.63. The number of aromatic amines is 1. The van der Waals surface area contributed by atoms with Gasteiger partial charge in [-0.25, -0.2) is 4.98 Å². The number of benzene rings is 2. The fourth-order valence-electron chi connectivity index (χ4n) is 6.12. The number of aliphatic hydroxyl groups excluding tert-OH is 3. The summed E-state index contributed by atoms with van der Waals surface area (Å²) in [4.78, 5) is 43.6. The average Bonchev–Trinajstić information content (AvgIpc) is 3.47. The number of fused-ring (bicyclic) bond motifs is 1. The summed E-state index contributed by atoms with van der Waals surface area (Å²) in [6.07, 6.45) is -6.47. The van der Waals surface area contributed by atoms with Gasteiger partial charge < -0.3 is 54.2 Å². The van der Waals surface area contributed by atoms with E-state index in [1.807, 2.05) is 41.1 Å². The fourth-order valence-corrected chi connectivity index (χ4v) is 6.12. The van der Waals surface area contributed by atoms with Crippen LogP contribution < -0.4 is 15.6 Å². The zero-order valence-electron chi connectivity index (χ0n) is 26.0. The van der Waals surface area contributed by atoms with Crippen LogP contribution in [0.25, 0.3) is 27.8 Å². The number of nitrogens with one attached hydrogen (secondary N) is 2. The summed E-state index contributed by atoms with van der Waals surface area (Å²) in [5.74, 6) is -2.87. The van der Waals surface area contributed by atoms with Gasteiger partial charge in [0.2, 0.25) is 12.2 Å². The average molecular weight is 665 g/mol. The summed E-state index contributed by atoms with van der Waals surface area (Å²) < 4.78 is 25.1. The Bertz CT molecular complexity index is 1810. The van der Waals surface area contributed by atoms with Crippen LogP contribution in [0.4, 0.5) is 0 Å². The predicted molar refractivity (Wildman–Crippen MR) is 168 cm³/mol. The molecule has 6 rings (SSSR count). The number of amides is 1. The molecule has 0 saturated carbocycles. The minimum atomic E-state index is -1.68. The number of nitrogens with zero attached hydrogens (tertiary/aromatic N) is 2. The molecule has 0 bridgehead atoms. The van der Waals surface area contributed by atoms with Crippen molar-refractivity contribution in [3.63, 3.8) is 0 Å². The van der Waals surface area contributed by atoms with Crippen molar-refractivity contribution in [3.8, 4) is 22.6 Å². The lowest BCUT2D eigenvalue weighted by Gasteiger charge is -2.45.